The molecule has 1 aliphatic rings. The number of benzene rings is 7. The van der Waals surface area contributed by atoms with E-state index in [4.69, 9.17) is 14.4 Å². The molecular weight excluding hydrogens is 609 g/mol. The molecule has 1 aliphatic carbocycles. The molecule has 0 spiro atoms. The summed E-state index contributed by atoms with van der Waals surface area (Å²) in [7, 11) is 0. The fourth-order valence-electron chi connectivity index (χ4n) is 8.14. The van der Waals surface area contributed by atoms with Crippen molar-refractivity contribution in [3.05, 3.63) is 169 Å². The fraction of sp³-hybridized carbons (Fsp3) is 0.0638. The van der Waals surface area contributed by atoms with Crippen LogP contribution in [0.4, 0.5) is 0 Å². The molecule has 50 heavy (non-hydrogen) atoms. The predicted octanol–water partition coefficient (Wildman–Crippen LogP) is 12.5. The number of hydrogen-bond donors (Lipinski definition) is 0. The average molecular weight is 641 g/mol. The lowest BCUT2D eigenvalue weighted by Crippen LogP contribution is -2.14. The minimum Gasteiger partial charge on any atom is -0.455 e. The lowest BCUT2D eigenvalue weighted by molar-refractivity contribution is 0.660. The highest BCUT2D eigenvalue weighted by Crippen LogP contribution is 2.52. The Morgan fingerprint density at radius 2 is 1.00 bits per heavy atom. The van der Waals surface area contributed by atoms with E-state index in [2.05, 4.69) is 159 Å². The maximum atomic E-state index is 6.56. The zero-order chi connectivity index (χ0) is 33.4. The van der Waals surface area contributed by atoms with Gasteiger partial charge in [-0.1, -0.05) is 153 Å². The Bertz CT molecular complexity index is 2800. The average Bonchev–Trinajstić information content (AvgIpc) is 3.67. The van der Waals surface area contributed by atoms with Crippen LogP contribution in [0, 0.1) is 0 Å². The Labute approximate surface area is 290 Å². The van der Waals surface area contributed by atoms with E-state index < -0.39 is 0 Å². The topological polar surface area (TPSA) is 38.9 Å². The first-order valence-electron chi connectivity index (χ1n) is 17.2. The molecule has 3 nitrogen and oxygen atoms in total. The SMILES string of the molecule is CC1(C)c2ccccc2-c2c(-c3nc(-c4ccccc4-c4cccc5ccccc45)cc(-c4cccc5c4oc4ccccc45)n3)cccc21. The number of rotatable bonds is 4. The van der Waals surface area contributed by atoms with Crippen LogP contribution in [0.3, 0.4) is 0 Å². The predicted molar refractivity (Wildman–Crippen MR) is 206 cm³/mol. The van der Waals surface area contributed by atoms with E-state index in [1.807, 2.05) is 12.1 Å². The van der Waals surface area contributed by atoms with Crippen LogP contribution in [-0.2, 0) is 5.41 Å². The second-order valence-electron chi connectivity index (χ2n) is 13.7. The summed E-state index contributed by atoms with van der Waals surface area (Å²) in [6.07, 6.45) is 0. The van der Waals surface area contributed by atoms with Crippen LogP contribution >= 0.6 is 0 Å². The van der Waals surface area contributed by atoms with Crippen LogP contribution in [-0.4, -0.2) is 9.97 Å². The van der Waals surface area contributed by atoms with Gasteiger partial charge in [-0.2, -0.15) is 0 Å². The molecule has 0 bridgehead atoms. The van der Waals surface area contributed by atoms with Gasteiger partial charge in [0.25, 0.3) is 0 Å². The molecule has 0 atom stereocenters. The summed E-state index contributed by atoms with van der Waals surface area (Å²) >= 11 is 0. The van der Waals surface area contributed by atoms with Gasteiger partial charge in [-0.15, -0.1) is 0 Å². The molecule has 10 rings (SSSR count). The Morgan fingerprint density at radius 3 is 1.88 bits per heavy atom. The first-order chi connectivity index (χ1) is 24.6. The summed E-state index contributed by atoms with van der Waals surface area (Å²) in [5.74, 6) is 0.697. The molecule has 2 aromatic heterocycles. The standard InChI is InChI=1S/C47H32N2O/c1-47(2)39-25-9-7-20-36(39)44-38(24-13-26-40(44)47)46-48-41(33-18-6-5-17-32(33)31-21-11-15-29-14-3-4-16-30(29)31)28-42(49-46)37-23-12-22-35-34-19-8-10-27-43(34)50-45(35)37/h3-28H,1-2H3. The molecule has 0 N–H and O–H groups in total. The van der Waals surface area contributed by atoms with E-state index in [-0.39, 0.29) is 5.41 Å². The number of nitrogens with zero attached hydrogens (tertiary/aromatic N) is 2. The summed E-state index contributed by atoms with van der Waals surface area (Å²) in [5.41, 5.74) is 13.7. The van der Waals surface area contributed by atoms with Crippen molar-refractivity contribution in [2.75, 3.05) is 0 Å². The maximum Gasteiger partial charge on any atom is 0.161 e. The van der Waals surface area contributed by atoms with E-state index in [1.54, 1.807) is 0 Å². The van der Waals surface area contributed by atoms with Gasteiger partial charge in [0.2, 0.25) is 0 Å². The van der Waals surface area contributed by atoms with Crippen LogP contribution < -0.4 is 0 Å². The van der Waals surface area contributed by atoms with Gasteiger partial charge in [0.05, 0.1) is 11.4 Å². The Morgan fingerprint density at radius 1 is 0.440 bits per heavy atom. The zero-order valence-corrected chi connectivity index (χ0v) is 27.8. The Hall–Kier alpha value is -6.32. The highest BCUT2D eigenvalue weighted by atomic mass is 16.3. The molecule has 0 amide bonds. The molecule has 0 saturated carbocycles. The monoisotopic (exact) mass is 640 g/mol. The lowest BCUT2D eigenvalue weighted by atomic mass is 9.82. The number of aromatic nitrogens is 2. The summed E-state index contributed by atoms with van der Waals surface area (Å²) in [4.78, 5) is 10.8. The molecule has 236 valence electrons. The van der Waals surface area contributed by atoms with Crippen molar-refractivity contribution in [3.8, 4) is 56.2 Å². The van der Waals surface area contributed by atoms with E-state index in [1.165, 1.54) is 38.6 Å². The van der Waals surface area contributed by atoms with E-state index in [0.29, 0.717) is 5.82 Å². The molecule has 2 heterocycles. The maximum absolute atomic E-state index is 6.56. The van der Waals surface area contributed by atoms with Crippen LogP contribution in [0.1, 0.15) is 25.0 Å². The van der Waals surface area contributed by atoms with Gasteiger partial charge in [0, 0.05) is 32.9 Å². The van der Waals surface area contributed by atoms with Crippen LogP contribution in [0.15, 0.2) is 162 Å². The van der Waals surface area contributed by atoms with Gasteiger partial charge in [-0.3, -0.25) is 0 Å². The molecular formula is C47H32N2O. The highest BCUT2D eigenvalue weighted by molar-refractivity contribution is 6.09. The smallest absolute Gasteiger partial charge is 0.161 e. The van der Waals surface area contributed by atoms with Gasteiger partial charge in [-0.25, -0.2) is 9.97 Å². The van der Waals surface area contributed by atoms with Gasteiger partial charge < -0.3 is 4.42 Å². The molecule has 0 fully saturated rings. The molecule has 0 saturated heterocycles. The quantitative estimate of drug-likeness (QED) is 0.192. The number of para-hydroxylation sites is 2. The van der Waals surface area contributed by atoms with Crippen molar-refractivity contribution in [1.29, 1.82) is 0 Å². The summed E-state index contributed by atoms with van der Waals surface area (Å²) in [6, 6.07) is 55.8. The van der Waals surface area contributed by atoms with Crippen molar-refractivity contribution >= 4 is 32.7 Å². The normalized spacial score (nSPS) is 13.2. The van der Waals surface area contributed by atoms with Gasteiger partial charge in [0.1, 0.15) is 11.2 Å². The minimum atomic E-state index is -0.136. The number of furan rings is 1. The van der Waals surface area contributed by atoms with Gasteiger partial charge in [-0.05, 0) is 62.4 Å². The van der Waals surface area contributed by atoms with Gasteiger partial charge in [0.15, 0.2) is 5.82 Å². The summed E-state index contributed by atoms with van der Waals surface area (Å²) in [5, 5.41) is 4.59. The largest absolute Gasteiger partial charge is 0.455 e. The van der Waals surface area contributed by atoms with E-state index >= 15 is 0 Å². The summed E-state index contributed by atoms with van der Waals surface area (Å²) < 4.78 is 6.56. The van der Waals surface area contributed by atoms with E-state index in [0.717, 1.165) is 55.6 Å². The molecule has 0 aliphatic heterocycles. The first kappa shape index (κ1) is 28.7. The third-order valence-electron chi connectivity index (χ3n) is 10.5. The molecule has 7 aromatic carbocycles. The Balaban J connectivity index is 1.27. The lowest BCUT2D eigenvalue weighted by Gasteiger charge is -2.21. The Kier molecular flexibility index (Phi) is 6.22. The first-order valence-corrected chi connectivity index (χ1v) is 17.2. The van der Waals surface area contributed by atoms with Crippen molar-refractivity contribution in [3.63, 3.8) is 0 Å². The number of hydrogen-bond acceptors (Lipinski definition) is 3. The third-order valence-corrected chi connectivity index (χ3v) is 10.5. The fourth-order valence-corrected chi connectivity index (χ4v) is 8.14. The van der Waals surface area contributed by atoms with Crippen molar-refractivity contribution in [1.82, 2.24) is 9.97 Å². The summed E-state index contributed by atoms with van der Waals surface area (Å²) in [6.45, 7) is 4.62. The van der Waals surface area contributed by atoms with Crippen molar-refractivity contribution in [2.24, 2.45) is 0 Å². The minimum absolute atomic E-state index is 0.136. The molecule has 3 heteroatoms. The van der Waals surface area contributed by atoms with Crippen molar-refractivity contribution < 1.29 is 4.42 Å². The van der Waals surface area contributed by atoms with Crippen LogP contribution in [0.5, 0.6) is 0 Å². The van der Waals surface area contributed by atoms with Gasteiger partial charge >= 0.3 is 0 Å². The molecule has 0 unspecified atom stereocenters. The molecule has 9 aromatic rings. The molecule has 0 radical (unpaired) electrons. The van der Waals surface area contributed by atoms with Crippen LogP contribution in [0.2, 0.25) is 0 Å². The van der Waals surface area contributed by atoms with Crippen LogP contribution in [0.25, 0.3) is 88.9 Å². The second kappa shape index (κ2) is 10.8. The second-order valence-corrected chi connectivity index (χ2v) is 13.7. The third kappa shape index (κ3) is 4.23. The van der Waals surface area contributed by atoms with Crippen molar-refractivity contribution in [2.45, 2.75) is 19.3 Å². The zero-order valence-electron chi connectivity index (χ0n) is 27.8. The highest BCUT2D eigenvalue weighted by Gasteiger charge is 2.37. The number of fused-ring (bicyclic) bond motifs is 7. The van der Waals surface area contributed by atoms with E-state index in [9.17, 15) is 0 Å².